The van der Waals surface area contributed by atoms with Crippen LogP contribution >= 0.6 is 0 Å². The lowest BCUT2D eigenvalue weighted by Gasteiger charge is -2.11. The predicted molar refractivity (Wildman–Crippen MR) is 114 cm³/mol. The number of nitrogens with one attached hydrogen (secondary N) is 1. The molecular formula is C23H26N4O2. The summed E-state index contributed by atoms with van der Waals surface area (Å²) in [5.74, 6) is 0.441. The minimum Gasteiger partial charge on any atom is -0.507 e. The summed E-state index contributed by atoms with van der Waals surface area (Å²) in [4.78, 5) is 11.1. The molecule has 2 aromatic rings. The lowest BCUT2D eigenvalue weighted by Crippen LogP contribution is -2.15. The monoisotopic (exact) mass is 390 g/mol. The van der Waals surface area contributed by atoms with E-state index in [1.165, 1.54) is 0 Å². The van der Waals surface area contributed by atoms with Crippen molar-refractivity contribution in [3.8, 4) is 11.5 Å². The molecular weight excluding hydrogens is 364 g/mol. The third-order valence-corrected chi connectivity index (χ3v) is 5.43. The summed E-state index contributed by atoms with van der Waals surface area (Å²) < 4.78 is 0. The molecule has 6 heteroatoms. The molecule has 150 valence electrons. The molecule has 0 aliphatic carbocycles. The highest BCUT2D eigenvalue weighted by Crippen LogP contribution is 2.30. The Morgan fingerprint density at radius 3 is 2.38 bits per heavy atom. The summed E-state index contributed by atoms with van der Waals surface area (Å²) in [7, 11) is 5.96. The van der Waals surface area contributed by atoms with Crippen molar-refractivity contribution in [2.45, 2.75) is 12.8 Å². The summed E-state index contributed by atoms with van der Waals surface area (Å²) in [6.07, 6.45) is 5.25. The van der Waals surface area contributed by atoms with Gasteiger partial charge in [0.05, 0.1) is 10.7 Å². The van der Waals surface area contributed by atoms with Crippen LogP contribution in [0.3, 0.4) is 0 Å². The van der Waals surface area contributed by atoms with Crippen LogP contribution in [0.1, 0.15) is 24.0 Å². The second-order valence-corrected chi connectivity index (χ2v) is 7.69. The van der Waals surface area contributed by atoms with Crippen LogP contribution in [-0.2, 0) is 0 Å². The zero-order chi connectivity index (χ0) is 20.5. The zero-order valence-corrected chi connectivity index (χ0v) is 17.0. The summed E-state index contributed by atoms with van der Waals surface area (Å²) in [5.41, 5.74) is 3.59. The number of rotatable bonds is 6. The van der Waals surface area contributed by atoms with E-state index in [2.05, 4.69) is 20.2 Å². The highest BCUT2D eigenvalue weighted by molar-refractivity contribution is 5.74. The number of benzene rings is 2. The van der Waals surface area contributed by atoms with Crippen molar-refractivity contribution in [3.63, 3.8) is 0 Å². The first-order valence-electron chi connectivity index (χ1n) is 9.83. The molecule has 0 amide bonds. The van der Waals surface area contributed by atoms with Crippen LogP contribution in [0, 0.1) is 10.4 Å². The van der Waals surface area contributed by atoms with Gasteiger partial charge in [-0.25, -0.2) is 0 Å². The van der Waals surface area contributed by atoms with E-state index in [0.717, 1.165) is 58.8 Å². The average molecular weight is 390 g/mol. The fourth-order valence-electron chi connectivity index (χ4n) is 3.87. The maximum absolute atomic E-state index is 11.1. The van der Waals surface area contributed by atoms with E-state index in [0.29, 0.717) is 10.6 Å². The summed E-state index contributed by atoms with van der Waals surface area (Å²) in [6.45, 7) is 1.68. The van der Waals surface area contributed by atoms with Gasteiger partial charge in [-0.15, -0.1) is 0 Å². The molecule has 2 aliphatic rings. The highest BCUT2D eigenvalue weighted by atomic mass is 16.3. The Hall–Kier alpha value is -2.96. The van der Waals surface area contributed by atoms with Gasteiger partial charge >= 0.3 is 0 Å². The second-order valence-electron chi connectivity index (χ2n) is 7.69. The van der Waals surface area contributed by atoms with Gasteiger partial charge in [-0.2, -0.15) is 0 Å². The van der Waals surface area contributed by atoms with Crippen molar-refractivity contribution in [3.05, 3.63) is 68.9 Å². The van der Waals surface area contributed by atoms with Gasteiger partial charge in [0.25, 0.3) is 0 Å². The number of phenolic OH excluding ortho intramolecular Hbond substituents is 2. The Morgan fingerprint density at radius 1 is 0.897 bits per heavy atom. The molecule has 2 heterocycles. The van der Waals surface area contributed by atoms with Crippen LogP contribution in [0.2, 0.25) is 0 Å². The van der Waals surface area contributed by atoms with Crippen molar-refractivity contribution in [2.24, 2.45) is 9.98 Å². The molecule has 0 saturated carbocycles. The number of aromatic hydroxyl groups is 2. The quantitative estimate of drug-likeness (QED) is 0.704. The van der Waals surface area contributed by atoms with Crippen molar-refractivity contribution >= 4 is 11.1 Å². The standard InChI is InChI=1S/C23H26N4O2/c1-24-10-8-14-12-25-18-6-4-17(23(29)20(14)18)16-5-7-19(28)21-15(9-11-27(2)3)13-26-22(16)21/h4-7,12-13,24,28-29H,8-11H2,1-3H3. The molecule has 29 heavy (non-hydrogen) atoms. The van der Waals surface area contributed by atoms with E-state index in [-0.39, 0.29) is 11.5 Å². The first-order chi connectivity index (χ1) is 14.0. The van der Waals surface area contributed by atoms with Crippen LogP contribution in [0.4, 0.5) is 0 Å². The molecule has 0 saturated heterocycles. The molecule has 2 aromatic carbocycles. The van der Waals surface area contributed by atoms with Crippen molar-refractivity contribution < 1.29 is 10.2 Å². The van der Waals surface area contributed by atoms with Crippen LogP contribution in [0.5, 0.6) is 11.5 Å². The highest BCUT2D eigenvalue weighted by Gasteiger charge is 2.18. The molecule has 3 N–H and O–H groups in total. The molecule has 6 nitrogen and oxygen atoms in total. The minimum atomic E-state index is 0.218. The predicted octanol–water partition coefficient (Wildman–Crippen LogP) is 1.89. The summed E-state index contributed by atoms with van der Waals surface area (Å²) in [5, 5.41) is 27.8. The first kappa shape index (κ1) is 19.4. The van der Waals surface area contributed by atoms with Gasteiger partial charge in [0, 0.05) is 40.5 Å². The van der Waals surface area contributed by atoms with E-state index in [1.807, 2.05) is 51.7 Å². The third-order valence-electron chi connectivity index (χ3n) is 5.43. The summed E-state index contributed by atoms with van der Waals surface area (Å²) >= 11 is 0. The first-order valence-corrected chi connectivity index (χ1v) is 9.83. The molecule has 2 aliphatic heterocycles. The maximum atomic E-state index is 11.1. The maximum Gasteiger partial charge on any atom is 0.133 e. The Kier molecular flexibility index (Phi) is 5.22. The number of hydrogen-bond donors (Lipinski definition) is 3. The number of phenols is 2. The van der Waals surface area contributed by atoms with E-state index < -0.39 is 0 Å². The van der Waals surface area contributed by atoms with E-state index in [4.69, 9.17) is 0 Å². The van der Waals surface area contributed by atoms with Gasteiger partial charge in [-0.05, 0) is 75.9 Å². The largest absolute Gasteiger partial charge is 0.507 e. The van der Waals surface area contributed by atoms with Gasteiger partial charge < -0.3 is 20.4 Å². The van der Waals surface area contributed by atoms with Crippen LogP contribution in [0.15, 0.2) is 46.7 Å². The average Bonchev–Trinajstić information content (AvgIpc) is 3.31. The lowest BCUT2D eigenvalue weighted by molar-refractivity contribution is 0.419. The SMILES string of the molecule is CNCCC1=CN=c2ccc(=c3ccc(O)c4c3=NC=C4CCN(C)C)c(O)c21. The van der Waals surface area contributed by atoms with Crippen LogP contribution < -0.4 is 16.0 Å². The molecule has 0 radical (unpaired) electrons. The van der Waals surface area contributed by atoms with Gasteiger partial charge in [0.15, 0.2) is 0 Å². The fraction of sp³-hybridized carbons (Fsp3) is 0.304. The van der Waals surface area contributed by atoms with Gasteiger partial charge in [0.2, 0.25) is 0 Å². The third kappa shape index (κ3) is 3.45. The Labute approximate surface area is 169 Å². The Balaban J connectivity index is 1.90. The van der Waals surface area contributed by atoms with Crippen molar-refractivity contribution in [2.75, 3.05) is 34.2 Å². The Morgan fingerprint density at radius 2 is 1.62 bits per heavy atom. The van der Waals surface area contributed by atoms with E-state index >= 15 is 0 Å². The van der Waals surface area contributed by atoms with E-state index in [1.54, 1.807) is 6.07 Å². The fourth-order valence-corrected chi connectivity index (χ4v) is 3.87. The van der Waals surface area contributed by atoms with Crippen LogP contribution in [0.25, 0.3) is 11.1 Å². The van der Waals surface area contributed by atoms with Gasteiger partial charge in [0.1, 0.15) is 11.5 Å². The summed E-state index contributed by atoms with van der Waals surface area (Å²) in [6, 6.07) is 7.33. The number of fused-ring (bicyclic) bond motifs is 2. The number of hydrogen-bond acceptors (Lipinski definition) is 6. The molecule has 0 aromatic heterocycles. The van der Waals surface area contributed by atoms with Crippen molar-refractivity contribution in [1.82, 2.24) is 10.2 Å². The Bertz CT molecular complexity index is 1240. The molecule has 4 rings (SSSR count). The minimum absolute atomic E-state index is 0.218. The van der Waals surface area contributed by atoms with Crippen molar-refractivity contribution in [1.29, 1.82) is 0 Å². The normalized spacial score (nSPS) is 15.4. The zero-order valence-electron chi connectivity index (χ0n) is 17.0. The van der Waals surface area contributed by atoms with Crippen LogP contribution in [-0.4, -0.2) is 49.3 Å². The van der Waals surface area contributed by atoms with Gasteiger partial charge in [-0.1, -0.05) is 0 Å². The van der Waals surface area contributed by atoms with Gasteiger partial charge in [-0.3, -0.25) is 9.98 Å². The molecule has 0 fully saturated rings. The lowest BCUT2D eigenvalue weighted by atomic mass is 9.99. The smallest absolute Gasteiger partial charge is 0.133 e. The molecule has 0 atom stereocenters. The molecule has 0 bridgehead atoms. The number of nitrogens with zero attached hydrogens (tertiary/aromatic N) is 3. The molecule has 0 spiro atoms. The second kappa shape index (κ2) is 7.81. The van der Waals surface area contributed by atoms with E-state index in [9.17, 15) is 10.2 Å². The topological polar surface area (TPSA) is 80.5 Å². The molecule has 0 unspecified atom stereocenters.